The number of likely N-dealkylation sites (N-methyl/N-ethyl adjacent to an activating group) is 1. The maximum atomic E-state index is 12.2. The summed E-state index contributed by atoms with van der Waals surface area (Å²) in [5.74, 6) is 0.427. The molecule has 0 saturated carbocycles. The molecule has 2 aromatic rings. The second kappa shape index (κ2) is 9.50. The standard InChI is InChI=1S/C20H24N4O4/c1-12-11-13(2)20(22-17(12)14(3)23-26-5)28-16-10-8-7-9-15(16)18(24-27-6)19(25)21-4/h7-11H,1-6H3,(H,21,25)/b23-14-,24-18+. The fourth-order valence-corrected chi connectivity index (χ4v) is 2.66. The highest BCUT2D eigenvalue weighted by Gasteiger charge is 2.20. The lowest BCUT2D eigenvalue weighted by atomic mass is 10.1. The summed E-state index contributed by atoms with van der Waals surface area (Å²) < 4.78 is 6.06. The molecule has 0 aliphatic carbocycles. The van der Waals surface area contributed by atoms with Gasteiger partial charge in [-0.3, -0.25) is 4.79 Å². The molecule has 0 aliphatic rings. The van der Waals surface area contributed by atoms with Crippen LogP contribution >= 0.6 is 0 Å². The van der Waals surface area contributed by atoms with Crippen LogP contribution in [0.2, 0.25) is 0 Å². The van der Waals surface area contributed by atoms with Crippen LogP contribution in [0.1, 0.15) is 29.3 Å². The van der Waals surface area contributed by atoms with E-state index in [1.165, 1.54) is 21.3 Å². The summed E-state index contributed by atoms with van der Waals surface area (Å²) >= 11 is 0. The number of hydrogen-bond donors (Lipinski definition) is 1. The minimum Gasteiger partial charge on any atom is -0.438 e. The average Bonchev–Trinajstić information content (AvgIpc) is 2.68. The van der Waals surface area contributed by atoms with Crippen LogP contribution in [0.3, 0.4) is 0 Å². The van der Waals surface area contributed by atoms with Crippen molar-refractivity contribution in [1.29, 1.82) is 0 Å². The first-order valence-corrected chi connectivity index (χ1v) is 8.59. The monoisotopic (exact) mass is 384 g/mol. The van der Waals surface area contributed by atoms with Gasteiger partial charge in [-0.1, -0.05) is 22.4 Å². The van der Waals surface area contributed by atoms with Crippen LogP contribution in [-0.4, -0.2) is 43.6 Å². The zero-order valence-electron chi connectivity index (χ0n) is 16.9. The van der Waals surface area contributed by atoms with E-state index >= 15 is 0 Å². The number of amides is 1. The summed E-state index contributed by atoms with van der Waals surface area (Å²) in [5.41, 5.74) is 3.66. The number of carbonyl (C=O) groups is 1. The molecular weight excluding hydrogens is 360 g/mol. The zero-order chi connectivity index (χ0) is 20.7. The quantitative estimate of drug-likeness (QED) is 0.585. The first kappa shape index (κ1) is 20.9. The molecule has 0 atom stereocenters. The highest BCUT2D eigenvalue weighted by molar-refractivity contribution is 6.45. The minimum absolute atomic E-state index is 0.0997. The molecule has 0 radical (unpaired) electrons. The molecular formula is C20H24N4O4. The number of rotatable bonds is 7. The van der Waals surface area contributed by atoms with E-state index in [0.29, 0.717) is 28.6 Å². The third-order valence-corrected chi connectivity index (χ3v) is 3.90. The molecule has 1 N–H and O–H groups in total. The summed E-state index contributed by atoms with van der Waals surface area (Å²) in [5, 5.41) is 10.3. The van der Waals surface area contributed by atoms with Gasteiger partial charge in [0, 0.05) is 12.6 Å². The number of benzene rings is 1. The van der Waals surface area contributed by atoms with Crippen LogP contribution in [0.4, 0.5) is 0 Å². The summed E-state index contributed by atoms with van der Waals surface area (Å²) in [6, 6.07) is 9.00. The molecule has 1 aromatic heterocycles. The van der Waals surface area contributed by atoms with Gasteiger partial charge in [0.25, 0.3) is 5.91 Å². The molecule has 1 heterocycles. The van der Waals surface area contributed by atoms with Crippen LogP contribution in [-0.2, 0) is 14.5 Å². The number of aryl methyl sites for hydroxylation is 2. The molecule has 0 aliphatic heterocycles. The van der Waals surface area contributed by atoms with Crippen molar-refractivity contribution in [3.63, 3.8) is 0 Å². The highest BCUT2D eigenvalue weighted by Crippen LogP contribution is 2.28. The van der Waals surface area contributed by atoms with Gasteiger partial charge in [0.2, 0.25) is 5.88 Å². The fourth-order valence-electron chi connectivity index (χ4n) is 2.66. The van der Waals surface area contributed by atoms with Crippen molar-refractivity contribution in [2.24, 2.45) is 10.3 Å². The Morgan fingerprint density at radius 1 is 1.07 bits per heavy atom. The number of aromatic nitrogens is 1. The number of carbonyl (C=O) groups excluding carboxylic acids is 1. The van der Waals surface area contributed by atoms with Gasteiger partial charge in [0.15, 0.2) is 5.71 Å². The van der Waals surface area contributed by atoms with Gasteiger partial charge in [0.1, 0.15) is 25.7 Å². The lowest BCUT2D eigenvalue weighted by Crippen LogP contribution is -2.28. The van der Waals surface area contributed by atoms with Crippen LogP contribution in [0.25, 0.3) is 0 Å². The van der Waals surface area contributed by atoms with Crippen molar-refractivity contribution >= 4 is 17.3 Å². The Bertz CT molecular complexity index is 922. The molecule has 0 fully saturated rings. The predicted octanol–water partition coefficient (Wildman–Crippen LogP) is 2.96. The molecule has 2 rings (SSSR count). The summed E-state index contributed by atoms with van der Waals surface area (Å²) in [7, 11) is 4.38. The number of para-hydroxylation sites is 1. The molecule has 148 valence electrons. The van der Waals surface area contributed by atoms with Crippen LogP contribution < -0.4 is 10.1 Å². The van der Waals surface area contributed by atoms with Gasteiger partial charge in [-0.05, 0) is 44.5 Å². The van der Waals surface area contributed by atoms with Gasteiger partial charge in [0.05, 0.1) is 11.3 Å². The summed E-state index contributed by atoms with van der Waals surface area (Å²) in [4.78, 5) is 26.5. The van der Waals surface area contributed by atoms with Crippen LogP contribution in [0.15, 0.2) is 40.6 Å². The smallest absolute Gasteiger partial charge is 0.273 e. The Morgan fingerprint density at radius 3 is 2.39 bits per heavy atom. The average molecular weight is 384 g/mol. The Labute approximate surface area is 164 Å². The second-order valence-electron chi connectivity index (χ2n) is 5.94. The molecule has 28 heavy (non-hydrogen) atoms. The largest absolute Gasteiger partial charge is 0.438 e. The van der Waals surface area contributed by atoms with E-state index in [0.717, 1.165) is 11.1 Å². The van der Waals surface area contributed by atoms with Crippen molar-refractivity contribution in [2.45, 2.75) is 20.8 Å². The Kier molecular flexibility index (Phi) is 7.08. The third kappa shape index (κ3) is 4.64. The second-order valence-corrected chi connectivity index (χ2v) is 5.94. The number of nitrogens with one attached hydrogen (secondary N) is 1. The van der Waals surface area contributed by atoms with Gasteiger partial charge in [-0.2, -0.15) is 0 Å². The zero-order valence-corrected chi connectivity index (χ0v) is 16.9. The lowest BCUT2D eigenvalue weighted by molar-refractivity contribution is -0.114. The maximum Gasteiger partial charge on any atom is 0.273 e. The molecule has 0 spiro atoms. The van der Waals surface area contributed by atoms with E-state index in [1.54, 1.807) is 31.2 Å². The number of pyridine rings is 1. The van der Waals surface area contributed by atoms with E-state index in [2.05, 4.69) is 20.6 Å². The van der Waals surface area contributed by atoms with Crippen LogP contribution in [0, 0.1) is 13.8 Å². The topological polar surface area (TPSA) is 94.4 Å². The predicted molar refractivity (Wildman–Crippen MR) is 107 cm³/mol. The van der Waals surface area contributed by atoms with Crippen molar-refractivity contribution in [2.75, 3.05) is 21.3 Å². The fraction of sp³-hybridized carbons (Fsp3) is 0.300. The molecule has 0 unspecified atom stereocenters. The van der Waals surface area contributed by atoms with Crippen LogP contribution in [0.5, 0.6) is 11.6 Å². The minimum atomic E-state index is -0.393. The Morgan fingerprint density at radius 2 is 1.75 bits per heavy atom. The van der Waals surface area contributed by atoms with Crippen molar-refractivity contribution < 1.29 is 19.2 Å². The lowest BCUT2D eigenvalue weighted by Gasteiger charge is -2.14. The highest BCUT2D eigenvalue weighted by atomic mass is 16.6. The van der Waals surface area contributed by atoms with Gasteiger partial charge in [-0.25, -0.2) is 4.98 Å². The van der Waals surface area contributed by atoms with Gasteiger partial charge in [-0.15, -0.1) is 0 Å². The molecule has 1 aromatic carbocycles. The van der Waals surface area contributed by atoms with Gasteiger partial charge >= 0.3 is 0 Å². The number of oxime groups is 2. The Balaban J connectivity index is 2.53. The molecule has 8 nitrogen and oxygen atoms in total. The normalized spacial score (nSPS) is 11.8. The first-order chi connectivity index (χ1) is 13.4. The van der Waals surface area contributed by atoms with E-state index in [1.807, 2.05) is 19.9 Å². The summed E-state index contributed by atoms with van der Waals surface area (Å²) in [6.07, 6.45) is 0. The van der Waals surface area contributed by atoms with E-state index in [4.69, 9.17) is 14.4 Å². The summed E-state index contributed by atoms with van der Waals surface area (Å²) in [6.45, 7) is 5.64. The third-order valence-electron chi connectivity index (χ3n) is 3.90. The SMILES string of the molecule is CNC(=O)/C(=N/OC)c1ccccc1Oc1nc(/C(C)=N\OC)c(C)cc1C. The Hall–Kier alpha value is -3.42. The van der Waals surface area contributed by atoms with Gasteiger partial charge < -0.3 is 19.7 Å². The first-order valence-electron chi connectivity index (χ1n) is 8.59. The van der Waals surface area contributed by atoms with E-state index in [-0.39, 0.29) is 5.71 Å². The number of nitrogens with zero attached hydrogens (tertiary/aromatic N) is 3. The van der Waals surface area contributed by atoms with E-state index < -0.39 is 5.91 Å². The molecule has 1 amide bonds. The van der Waals surface area contributed by atoms with Crippen molar-refractivity contribution in [3.05, 3.63) is 52.7 Å². The molecule has 0 bridgehead atoms. The number of hydrogen-bond acceptors (Lipinski definition) is 7. The molecule has 0 saturated heterocycles. The maximum absolute atomic E-state index is 12.2. The number of ether oxygens (including phenoxy) is 1. The van der Waals surface area contributed by atoms with Crippen molar-refractivity contribution in [3.8, 4) is 11.6 Å². The molecule has 8 heteroatoms. The van der Waals surface area contributed by atoms with E-state index in [9.17, 15) is 4.79 Å². The van der Waals surface area contributed by atoms with Crippen molar-refractivity contribution in [1.82, 2.24) is 10.3 Å².